The van der Waals surface area contributed by atoms with Gasteiger partial charge in [0.25, 0.3) is 0 Å². The summed E-state index contributed by atoms with van der Waals surface area (Å²) in [6, 6.07) is 14.6. The fraction of sp³-hybridized carbons (Fsp3) is 0.348. The lowest BCUT2D eigenvalue weighted by atomic mass is 9.91. The lowest BCUT2D eigenvalue weighted by molar-refractivity contribution is 0.414. The summed E-state index contributed by atoms with van der Waals surface area (Å²) in [7, 11) is 1.71. The first kappa shape index (κ1) is 18.4. The minimum atomic E-state index is 0.490. The lowest BCUT2D eigenvalue weighted by Gasteiger charge is -2.31. The molecule has 0 saturated carbocycles. The Balaban J connectivity index is 1.47. The van der Waals surface area contributed by atoms with E-state index >= 15 is 0 Å². The van der Waals surface area contributed by atoms with E-state index in [4.69, 9.17) is 9.72 Å². The summed E-state index contributed by atoms with van der Waals surface area (Å²) < 4.78 is 5.35. The van der Waals surface area contributed by atoms with Gasteiger partial charge in [0.05, 0.1) is 7.11 Å². The van der Waals surface area contributed by atoms with Crippen molar-refractivity contribution in [1.29, 1.82) is 0 Å². The van der Waals surface area contributed by atoms with Gasteiger partial charge in [-0.25, -0.2) is 9.97 Å². The Bertz CT molecular complexity index is 921. The molecule has 0 N–H and O–H groups in total. The Morgan fingerprint density at radius 3 is 2.54 bits per heavy atom. The highest BCUT2D eigenvalue weighted by atomic mass is 16.5. The average molecular weight is 374 g/mol. The fourth-order valence-corrected chi connectivity index (χ4v) is 3.93. The van der Waals surface area contributed by atoms with Crippen LogP contribution in [0.15, 0.2) is 54.9 Å². The molecule has 0 bridgehead atoms. The molecule has 1 aliphatic heterocycles. The van der Waals surface area contributed by atoms with Crippen molar-refractivity contribution in [1.82, 2.24) is 15.0 Å². The number of piperidine rings is 1. The standard InChI is InChI=1S/C23H26N4O/c1-17-13-19(14-18-5-3-6-21(15-18)28-2)16-22(26-17)20-7-11-27(12-8-20)23-24-9-4-10-25-23/h3-6,9-10,13,15-16,20H,7-8,11-12,14H2,1-2H3. The average Bonchev–Trinajstić information content (AvgIpc) is 2.74. The molecule has 1 saturated heterocycles. The number of hydrogen-bond acceptors (Lipinski definition) is 5. The molecule has 1 fully saturated rings. The smallest absolute Gasteiger partial charge is 0.225 e. The van der Waals surface area contributed by atoms with Crippen LogP contribution in [0.2, 0.25) is 0 Å². The van der Waals surface area contributed by atoms with Crippen LogP contribution in [-0.4, -0.2) is 35.2 Å². The molecule has 0 amide bonds. The number of anilines is 1. The predicted octanol–water partition coefficient (Wildman–Crippen LogP) is 4.16. The van der Waals surface area contributed by atoms with Gasteiger partial charge < -0.3 is 9.64 Å². The monoisotopic (exact) mass is 374 g/mol. The number of aryl methyl sites for hydroxylation is 1. The second-order valence-electron chi connectivity index (χ2n) is 7.38. The fourth-order valence-electron chi connectivity index (χ4n) is 3.93. The minimum absolute atomic E-state index is 0.490. The van der Waals surface area contributed by atoms with Crippen molar-refractivity contribution >= 4 is 5.95 Å². The van der Waals surface area contributed by atoms with Gasteiger partial charge in [-0.1, -0.05) is 12.1 Å². The van der Waals surface area contributed by atoms with Crippen LogP contribution in [0.25, 0.3) is 0 Å². The molecule has 1 aliphatic rings. The zero-order valence-corrected chi connectivity index (χ0v) is 16.5. The summed E-state index contributed by atoms with van der Waals surface area (Å²) in [5.41, 5.74) is 4.87. The zero-order chi connectivity index (χ0) is 19.3. The molecule has 3 aromatic rings. The van der Waals surface area contributed by atoms with Crippen molar-refractivity contribution in [2.75, 3.05) is 25.1 Å². The number of aromatic nitrogens is 3. The Morgan fingerprint density at radius 1 is 1.00 bits per heavy atom. The molecular weight excluding hydrogens is 348 g/mol. The predicted molar refractivity (Wildman–Crippen MR) is 111 cm³/mol. The number of pyridine rings is 1. The van der Waals surface area contributed by atoms with Crippen LogP contribution in [0.3, 0.4) is 0 Å². The lowest BCUT2D eigenvalue weighted by Crippen LogP contribution is -2.34. The SMILES string of the molecule is COc1cccc(Cc2cc(C)nc(C3CCN(c4ncccn4)CC3)c2)c1. The molecule has 2 aromatic heterocycles. The van der Waals surface area contributed by atoms with Crippen LogP contribution in [-0.2, 0) is 6.42 Å². The number of hydrogen-bond donors (Lipinski definition) is 0. The van der Waals surface area contributed by atoms with Gasteiger partial charge in [0.15, 0.2) is 0 Å². The highest BCUT2D eigenvalue weighted by Crippen LogP contribution is 2.29. The van der Waals surface area contributed by atoms with E-state index in [1.807, 2.05) is 18.2 Å². The van der Waals surface area contributed by atoms with E-state index in [9.17, 15) is 0 Å². The number of nitrogens with zero attached hydrogens (tertiary/aromatic N) is 4. The molecule has 0 radical (unpaired) electrons. The molecule has 28 heavy (non-hydrogen) atoms. The molecule has 5 heteroatoms. The zero-order valence-electron chi connectivity index (χ0n) is 16.5. The van der Waals surface area contributed by atoms with Crippen molar-refractivity contribution in [3.63, 3.8) is 0 Å². The van der Waals surface area contributed by atoms with Crippen molar-refractivity contribution in [2.24, 2.45) is 0 Å². The Kier molecular flexibility index (Phi) is 5.51. The van der Waals surface area contributed by atoms with E-state index in [-0.39, 0.29) is 0 Å². The van der Waals surface area contributed by atoms with Gasteiger partial charge in [-0.15, -0.1) is 0 Å². The molecule has 0 atom stereocenters. The molecule has 1 aromatic carbocycles. The van der Waals surface area contributed by atoms with Crippen molar-refractivity contribution in [2.45, 2.75) is 32.1 Å². The molecule has 0 unspecified atom stereocenters. The van der Waals surface area contributed by atoms with Crippen molar-refractivity contribution in [3.8, 4) is 5.75 Å². The number of methoxy groups -OCH3 is 1. The summed E-state index contributed by atoms with van der Waals surface area (Å²) in [5, 5.41) is 0. The highest BCUT2D eigenvalue weighted by molar-refractivity contribution is 5.35. The molecule has 5 nitrogen and oxygen atoms in total. The quantitative estimate of drug-likeness (QED) is 0.671. The summed E-state index contributed by atoms with van der Waals surface area (Å²) in [6.07, 6.45) is 6.66. The normalized spacial score (nSPS) is 14.9. The topological polar surface area (TPSA) is 51.1 Å². The first-order valence-corrected chi connectivity index (χ1v) is 9.83. The van der Waals surface area contributed by atoms with Crippen LogP contribution in [0.1, 0.15) is 41.3 Å². The summed E-state index contributed by atoms with van der Waals surface area (Å²) in [4.78, 5) is 15.9. The maximum Gasteiger partial charge on any atom is 0.225 e. The van der Waals surface area contributed by atoms with Crippen LogP contribution >= 0.6 is 0 Å². The molecule has 3 heterocycles. The van der Waals surface area contributed by atoms with E-state index in [0.717, 1.165) is 49.7 Å². The van der Waals surface area contributed by atoms with Gasteiger partial charge in [0, 0.05) is 42.8 Å². The van der Waals surface area contributed by atoms with E-state index < -0.39 is 0 Å². The first-order valence-electron chi connectivity index (χ1n) is 9.83. The third-order valence-electron chi connectivity index (χ3n) is 5.32. The second-order valence-corrected chi connectivity index (χ2v) is 7.38. The Morgan fingerprint density at radius 2 is 1.79 bits per heavy atom. The van der Waals surface area contributed by atoms with Crippen LogP contribution in [0, 0.1) is 6.92 Å². The molecule has 0 aliphatic carbocycles. The molecular formula is C23H26N4O. The summed E-state index contributed by atoms with van der Waals surface area (Å²) in [5.74, 6) is 2.22. The maximum absolute atomic E-state index is 5.35. The van der Waals surface area contributed by atoms with Crippen LogP contribution < -0.4 is 9.64 Å². The van der Waals surface area contributed by atoms with Gasteiger partial charge in [-0.05, 0) is 67.6 Å². The van der Waals surface area contributed by atoms with Crippen molar-refractivity contribution in [3.05, 3.63) is 77.4 Å². The number of rotatable bonds is 5. The third-order valence-corrected chi connectivity index (χ3v) is 5.32. The van der Waals surface area contributed by atoms with Crippen LogP contribution in [0.4, 0.5) is 5.95 Å². The highest BCUT2D eigenvalue weighted by Gasteiger charge is 2.23. The summed E-state index contributed by atoms with van der Waals surface area (Å²) >= 11 is 0. The molecule has 4 rings (SSSR count). The van der Waals surface area contributed by atoms with Crippen molar-refractivity contribution < 1.29 is 4.74 Å². The van der Waals surface area contributed by atoms with Gasteiger partial charge in [0.1, 0.15) is 5.75 Å². The molecule has 144 valence electrons. The van der Waals surface area contributed by atoms with E-state index in [1.165, 1.54) is 16.8 Å². The maximum atomic E-state index is 5.35. The van der Waals surface area contributed by atoms with Gasteiger partial charge in [-0.3, -0.25) is 4.98 Å². The Labute approximate surface area is 166 Å². The number of ether oxygens (including phenoxy) is 1. The van der Waals surface area contributed by atoms with E-state index in [1.54, 1.807) is 19.5 Å². The van der Waals surface area contributed by atoms with E-state index in [0.29, 0.717) is 5.92 Å². The summed E-state index contributed by atoms with van der Waals surface area (Å²) in [6.45, 7) is 4.02. The van der Waals surface area contributed by atoms with Gasteiger partial charge >= 0.3 is 0 Å². The van der Waals surface area contributed by atoms with E-state index in [2.05, 4.69) is 46.1 Å². The largest absolute Gasteiger partial charge is 0.497 e. The van der Waals surface area contributed by atoms with Crippen LogP contribution in [0.5, 0.6) is 5.75 Å². The third kappa shape index (κ3) is 4.30. The molecule has 0 spiro atoms. The Hall–Kier alpha value is -2.95. The van der Waals surface area contributed by atoms with Gasteiger partial charge in [0.2, 0.25) is 5.95 Å². The van der Waals surface area contributed by atoms with Gasteiger partial charge in [-0.2, -0.15) is 0 Å². The minimum Gasteiger partial charge on any atom is -0.497 e. The first-order chi connectivity index (χ1) is 13.7. The second kappa shape index (κ2) is 8.38. The number of benzene rings is 1.